The van der Waals surface area contributed by atoms with Crippen LogP contribution in [-0.2, 0) is 11.2 Å². The van der Waals surface area contributed by atoms with Crippen LogP contribution in [0.1, 0.15) is 5.56 Å². The summed E-state index contributed by atoms with van der Waals surface area (Å²) in [4.78, 5) is 11.8. The largest absolute Gasteiger partial charge is 0.481 e. The Morgan fingerprint density at radius 3 is 2.50 bits per heavy atom. The van der Waals surface area contributed by atoms with Gasteiger partial charge in [-0.05, 0) is 29.0 Å². The number of benzene rings is 2. The zero-order valence-corrected chi connectivity index (χ0v) is 10.9. The second-order valence-electron chi connectivity index (χ2n) is 3.97. The third-order valence-electron chi connectivity index (χ3n) is 2.71. The van der Waals surface area contributed by atoms with Crippen LogP contribution in [-0.4, -0.2) is 17.3 Å². The molecule has 0 fully saturated rings. The first-order valence-corrected chi connectivity index (χ1v) is 6.87. The van der Waals surface area contributed by atoms with Crippen molar-refractivity contribution >= 4 is 17.7 Å². The molecule has 0 saturated heterocycles. The predicted octanol–water partition coefficient (Wildman–Crippen LogP) is 3.70. The molecule has 0 amide bonds. The number of rotatable bonds is 4. The monoisotopic (exact) mass is 258 g/mol. The molecule has 3 heteroatoms. The molecule has 0 unspecified atom stereocenters. The molecular formula is C15H14O2S. The lowest BCUT2D eigenvalue weighted by atomic mass is 10.0. The van der Waals surface area contributed by atoms with Crippen LogP contribution in [0.25, 0.3) is 11.1 Å². The fourth-order valence-electron chi connectivity index (χ4n) is 1.88. The smallest absolute Gasteiger partial charge is 0.307 e. The minimum atomic E-state index is -0.797. The molecule has 0 aromatic heterocycles. The predicted molar refractivity (Wildman–Crippen MR) is 75.0 cm³/mol. The average molecular weight is 258 g/mol. The van der Waals surface area contributed by atoms with E-state index in [2.05, 4.69) is 12.1 Å². The van der Waals surface area contributed by atoms with Crippen molar-refractivity contribution in [1.29, 1.82) is 0 Å². The Hall–Kier alpha value is -1.74. The number of carbonyl (C=O) groups is 1. The molecule has 0 spiro atoms. The molecule has 0 heterocycles. The van der Waals surface area contributed by atoms with Crippen LogP contribution in [0.15, 0.2) is 53.4 Å². The summed E-state index contributed by atoms with van der Waals surface area (Å²) in [5, 5.41) is 8.81. The molecule has 2 aromatic rings. The standard InChI is InChI=1S/C15H14O2S/c1-18-14-9-11(10-15(16)17)7-8-13(14)12-5-3-2-4-6-12/h2-9H,10H2,1H3,(H,16,17). The van der Waals surface area contributed by atoms with Gasteiger partial charge < -0.3 is 5.11 Å². The van der Waals surface area contributed by atoms with Crippen LogP contribution in [0.2, 0.25) is 0 Å². The van der Waals surface area contributed by atoms with Crippen molar-refractivity contribution in [2.75, 3.05) is 6.26 Å². The highest BCUT2D eigenvalue weighted by molar-refractivity contribution is 7.98. The summed E-state index contributed by atoms with van der Waals surface area (Å²) in [5.41, 5.74) is 3.15. The van der Waals surface area contributed by atoms with Crippen LogP contribution < -0.4 is 0 Å². The second kappa shape index (κ2) is 5.74. The first-order valence-electron chi connectivity index (χ1n) is 5.65. The zero-order chi connectivity index (χ0) is 13.0. The zero-order valence-electron chi connectivity index (χ0n) is 10.1. The summed E-state index contributed by atoms with van der Waals surface area (Å²) in [6.07, 6.45) is 2.08. The van der Waals surface area contributed by atoms with E-state index in [1.807, 2.05) is 42.7 Å². The lowest BCUT2D eigenvalue weighted by molar-refractivity contribution is -0.136. The Morgan fingerprint density at radius 1 is 1.17 bits per heavy atom. The Bertz CT molecular complexity index is 550. The lowest BCUT2D eigenvalue weighted by Crippen LogP contribution is -2.00. The Balaban J connectivity index is 2.41. The molecule has 92 valence electrons. The molecule has 0 atom stereocenters. The highest BCUT2D eigenvalue weighted by Crippen LogP contribution is 2.31. The minimum absolute atomic E-state index is 0.0721. The molecule has 0 aliphatic heterocycles. The van der Waals surface area contributed by atoms with Gasteiger partial charge in [-0.1, -0.05) is 42.5 Å². The highest BCUT2D eigenvalue weighted by Gasteiger charge is 2.07. The van der Waals surface area contributed by atoms with E-state index in [4.69, 9.17) is 5.11 Å². The Labute approximate surface area is 111 Å². The maximum absolute atomic E-state index is 10.7. The van der Waals surface area contributed by atoms with Crippen LogP contribution in [0.5, 0.6) is 0 Å². The van der Waals surface area contributed by atoms with Crippen molar-refractivity contribution in [3.05, 3.63) is 54.1 Å². The summed E-state index contributed by atoms with van der Waals surface area (Å²) in [5.74, 6) is -0.797. The van der Waals surface area contributed by atoms with E-state index in [-0.39, 0.29) is 6.42 Å². The molecule has 18 heavy (non-hydrogen) atoms. The van der Waals surface area contributed by atoms with Gasteiger partial charge in [0.05, 0.1) is 6.42 Å². The third-order valence-corrected chi connectivity index (χ3v) is 3.48. The number of hydrogen-bond donors (Lipinski definition) is 1. The number of carboxylic acid groups (broad SMARTS) is 1. The van der Waals surface area contributed by atoms with Crippen molar-refractivity contribution in [2.45, 2.75) is 11.3 Å². The molecule has 2 aromatic carbocycles. The molecule has 0 aliphatic carbocycles. The third kappa shape index (κ3) is 2.93. The van der Waals surface area contributed by atoms with Crippen molar-refractivity contribution in [3.8, 4) is 11.1 Å². The minimum Gasteiger partial charge on any atom is -0.481 e. The second-order valence-corrected chi connectivity index (χ2v) is 4.82. The van der Waals surface area contributed by atoms with Crippen molar-refractivity contribution in [1.82, 2.24) is 0 Å². The number of aliphatic carboxylic acids is 1. The van der Waals surface area contributed by atoms with Gasteiger partial charge in [0.25, 0.3) is 0 Å². The number of hydrogen-bond acceptors (Lipinski definition) is 2. The number of carboxylic acids is 1. The molecule has 2 nitrogen and oxygen atoms in total. The van der Waals surface area contributed by atoms with Crippen LogP contribution in [0.3, 0.4) is 0 Å². The average Bonchev–Trinajstić information content (AvgIpc) is 2.39. The lowest BCUT2D eigenvalue weighted by Gasteiger charge is -2.09. The van der Waals surface area contributed by atoms with E-state index < -0.39 is 5.97 Å². The highest BCUT2D eigenvalue weighted by atomic mass is 32.2. The van der Waals surface area contributed by atoms with Gasteiger partial charge in [0.15, 0.2) is 0 Å². The first-order chi connectivity index (χ1) is 8.70. The molecule has 0 radical (unpaired) electrons. The van der Waals surface area contributed by atoms with Gasteiger partial charge in [0.2, 0.25) is 0 Å². The van der Waals surface area contributed by atoms with Gasteiger partial charge in [-0.25, -0.2) is 0 Å². The van der Waals surface area contributed by atoms with Gasteiger partial charge >= 0.3 is 5.97 Å². The molecular weight excluding hydrogens is 244 g/mol. The molecule has 0 saturated carbocycles. The van der Waals surface area contributed by atoms with Gasteiger partial charge in [-0.2, -0.15) is 0 Å². The van der Waals surface area contributed by atoms with Crippen molar-refractivity contribution in [2.24, 2.45) is 0 Å². The van der Waals surface area contributed by atoms with E-state index in [9.17, 15) is 4.79 Å². The van der Waals surface area contributed by atoms with Gasteiger partial charge in [-0.3, -0.25) is 4.79 Å². The van der Waals surface area contributed by atoms with Crippen molar-refractivity contribution < 1.29 is 9.90 Å². The SMILES string of the molecule is CSc1cc(CC(=O)O)ccc1-c1ccccc1. The van der Waals surface area contributed by atoms with Gasteiger partial charge in [-0.15, -0.1) is 11.8 Å². The van der Waals surface area contributed by atoms with Crippen LogP contribution in [0, 0.1) is 0 Å². The number of thioether (sulfide) groups is 1. The molecule has 0 aliphatic rings. The quantitative estimate of drug-likeness (QED) is 0.850. The van der Waals surface area contributed by atoms with Crippen LogP contribution in [0.4, 0.5) is 0 Å². The summed E-state index contributed by atoms with van der Waals surface area (Å²) >= 11 is 1.64. The Morgan fingerprint density at radius 2 is 1.89 bits per heavy atom. The van der Waals surface area contributed by atoms with E-state index in [0.29, 0.717) is 0 Å². The Kier molecular flexibility index (Phi) is 4.05. The first kappa shape index (κ1) is 12.7. The van der Waals surface area contributed by atoms with E-state index in [1.165, 1.54) is 0 Å². The fourth-order valence-corrected chi connectivity index (χ4v) is 2.55. The summed E-state index contributed by atoms with van der Waals surface area (Å²) in [6.45, 7) is 0. The topological polar surface area (TPSA) is 37.3 Å². The van der Waals surface area contributed by atoms with Gasteiger partial charge in [0, 0.05) is 4.90 Å². The summed E-state index contributed by atoms with van der Waals surface area (Å²) in [6, 6.07) is 16.0. The van der Waals surface area contributed by atoms with Gasteiger partial charge in [0.1, 0.15) is 0 Å². The van der Waals surface area contributed by atoms with E-state index in [0.717, 1.165) is 21.6 Å². The fraction of sp³-hybridized carbons (Fsp3) is 0.133. The molecule has 0 bridgehead atoms. The van der Waals surface area contributed by atoms with E-state index in [1.54, 1.807) is 11.8 Å². The molecule has 2 rings (SSSR count). The summed E-state index contributed by atoms with van der Waals surface area (Å²) in [7, 11) is 0. The van der Waals surface area contributed by atoms with Crippen molar-refractivity contribution in [3.63, 3.8) is 0 Å². The maximum atomic E-state index is 10.7. The normalized spacial score (nSPS) is 10.3. The van der Waals surface area contributed by atoms with Crippen LogP contribution >= 0.6 is 11.8 Å². The summed E-state index contributed by atoms with van der Waals surface area (Å²) < 4.78 is 0. The molecule has 1 N–H and O–H groups in total. The van der Waals surface area contributed by atoms with E-state index >= 15 is 0 Å². The maximum Gasteiger partial charge on any atom is 0.307 e.